The normalized spacial score (nSPS) is 18.7. The fourth-order valence-electron chi connectivity index (χ4n) is 2.59. The third kappa shape index (κ3) is 3.59. The second kappa shape index (κ2) is 6.55. The minimum Gasteiger partial charge on any atom is -0.342 e. The lowest BCUT2D eigenvalue weighted by molar-refractivity contribution is -0.132. The van der Waals surface area contributed by atoms with E-state index in [0.29, 0.717) is 6.54 Å². The molecule has 0 radical (unpaired) electrons. The summed E-state index contributed by atoms with van der Waals surface area (Å²) >= 11 is 0. The molecule has 0 aliphatic carbocycles. The molecule has 0 aromatic heterocycles. The third-order valence-corrected chi connectivity index (χ3v) is 3.84. The molecule has 1 atom stereocenters. The van der Waals surface area contributed by atoms with E-state index in [0.717, 1.165) is 31.5 Å². The minimum absolute atomic E-state index is 0.0178. The van der Waals surface area contributed by atoms with Crippen molar-refractivity contribution in [3.05, 3.63) is 29.8 Å². The van der Waals surface area contributed by atoms with Crippen molar-refractivity contribution >= 4 is 17.5 Å². The standard InChI is InChI=1S/C16H22N2O2/c1-3-13-6-4-8-15(10-13)17-16(20)14-7-5-9-18(11-14)12(2)19/h4,6,8,10,14H,3,5,7,9,11H2,1-2H3,(H,17,20). The second-order valence-corrected chi connectivity index (χ2v) is 5.35. The fourth-order valence-corrected chi connectivity index (χ4v) is 2.59. The first-order valence-corrected chi connectivity index (χ1v) is 7.25. The minimum atomic E-state index is -0.0991. The van der Waals surface area contributed by atoms with Gasteiger partial charge < -0.3 is 10.2 Å². The lowest BCUT2D eigenvalue weighted by Gasteiger charge is -2.31. The van der Waals surface area contributed by atoms with Crippen LogP contribution in [-0.4, -0.2) is 29.8 Å². The number of rotatable bonds is 3. The van der Waals surface area contributed by atoms with Crippen LogP contribution in [0.5, 0.6) is 0 Å². The highest BCUT2D eigenvalue weighted by Gasteiger charge is 2.26. The molecule has 1 saturated heterocycles. The number of carbonyl (C=O) groups is 2. The van der Waals surface area contributed by atoms with Crippen molar-refractivity contribution in [1.82, 2.24) is 4.90 Å². The molecule has 1 N–H and O–H groups in total. The van der Waals surface area contributed by atoms with Gasteiger partial charge in [-0.15, -0.1) is 0 Å². The second-order valence-electron chi connectivity index (χ2n) is 5.35. The van der Waals surface area contributed by atoms with Gasteiger partial charge in [-0.05, 0) is 37.0 Å². The van der Waals surface area contributed by atoms with E-state index in [1.54, 1.807) is 11.8 Å². The number of amides is 2. The summed E-state index contributed by atoms with van der Waals surface area (Å²) < 4.78 is 0. The van der Waals surface area contributed by atoms with Crippen LogP contribution in [0, 0.1) is 5.92 Å². The van der Waals surface area contributed by atoms with Crippen LogP contribution >= 0.6 is 0 Å². The summed E-state index contributed by atoms with van der Waals surface area (Å²) in [5.41, 5.74) is 2.05. The summed E-state index contributed by atoms with van der Waals surface area (Å²) in [6.07, 6.45) is 2.70. The number of nitrogens with one attached hydrogen (secondary N) is 1. The summed E-state index contributed by atoms with van der Waals surface area (Å²) in [6.45, 7) is 4.96. The number of carbonyl (C=O) groups excluding carboxylic acids is 2. The number of likely N-dealkylation sites (tertiary alicyclic amines) is 1. The number of hydrogen-bond acceptors (Lipinski definition) is 2. The van der Waals surface area contributed by atoms with Crippen LogP contribution in [0.2, 0.25) is 0 Å². The zero-order valence-corrected chi connectivity index (χ0v) is 12.2. The van der Waals surface area contributed by atoms with E-state index in [4.69, 9.17) is 0 Å². The van der Waals surface area contributed by atoms with Crippen molar-refractivity contribution in [3.63, 3.8) is 0 Å². The molecule has 1 aliphatic heterocycles. The highest BCUT2D eigenvalue weighted by atomic mass is 16.2. The van der Waals surface area contributed by atoms with Crippen molar-refractivity contribution < 1.29 is 9.59 Å². The summed E-state index contributed by atoms with van der Waals surface area (Å²) in [4.78, 5) is 25.4. The molecule has 1 aliphatic rings. The Balaban J connectivity index is 1.98. The number of benzene rings is 1. The molecule has 1 aromatic carbocycles. The Labute approximate surface area is 120 Å². The predicted molar refractivity (Wildman–Crippen MR) is 79.4 cm³/mol. The Kier molecular flexibility index (Phi) is 4.77. The summed E-state index contributed by atoms with van der Waals surface area (Å²) in [5.74, 6) is -0.0300. The van der Waals surface area contributed by atoms with E-state index >= 15 is 0 Å². The highest BCUT2D eigenvalue weighted by molar-refractivity contribution is 5.93. The topological polar surface area (TPSA) is 49.4 Å². The first-order chi connectivity index (χ1) is 9.60. The molecule has 4 heteroatoms. The van der Waals surface area contributed by atoms with Gasteiger partial charge in [0.2, 0.25) is 11.8 Å². The number of hydrogen-bond donors (Lipinski definition) is 1. The van der Waals surface area contributed by atoms with Crippen LogP contribution in [0.4, 0.5) is 5.69 Å². The molecular formula is C16H22N2O2. The molecule has 2 amide bonds. The SMILES string of the molecule is CCc1cccc(NC(=O)C2CCCN(C(C)=O)C2)c1. The van der Waals surface area contributed by atoms with Gasteiger partial charge in [0.05, 0.1) is 5.92 Å². The maximum absolute atomic E-state index is 12.3. The van der Waals surface area contributed by atoms with Crippen molar-refractivity contribution in [2.75, 3.05) is 18.4 Å². The van der Waals surface area contributed by atoms with E-state index in [1.807, 2.05) is 24.3 Å². The molecule has 0 saturated carbocycles. The van der Waals surface area contributed by atoms with Crippen molar-refractivity contribution in [1.29, 1.82) is 0 Å². The van der Waals surface area contributed by atoms with Gasteiger partial charge in [0, 0.05) is 25.7 Å². The van der Waals surface area contributed by atoms with Crippen LogP contribution in [0.3, 0.4) is 0 Å². The Hall–Kier alpha value is -1.84. The number of nitrogens with zero attached hydrogens (tertiary/aromatic N) is 1. The first-order valence-electron chi connectivity index (χ1n) is 7.25. The number of piperidine rings is 1. The van der Waals surface area contributed by atoms with Gasteiger partial charge in [0.25, 0.3) is 0 Å². The molecule has 4 nitrogen and oxygen atoms in total. The largest absolute Gasteiger partial charge is 0.342 e. The smallest absolute Gasteiger partial charge is 0.229 e. The number of aryl methyl sites for hydroxylation is 1. The van der Waals surface area contributed by atoms with Crippen LogP contribution < -0.4 is 5.32 Å². The van der Waals surface area contributed by atoms with E-state index in [-0.39, 0.29) is 17.7 Å². The quantitative estimate of drug-likeness (QED) is 0.920. The van der Waals surface area contributed by atoms with Crippen LogP contribution in [0.25, 0.3) is 0 Å². The maximum atomic E-state index is 12.3. The first kappa shape index (κ1) is 14.6. The van der Waals surface area contributed by atoms with Gasteiger partial charge in [-0.1, -0.05) is 19.1 Å². The zero-order valence-electron chi connectivity index (χ0n) is 12.2. The lowest BCUT2D eigenvalue weighted by atomic mass is 9.97. The molecule has 1 aromatic rings. The Morgan fingerprint density at radius 3 is 2.90 bits per heavy atom. The van der Waals surface area contributed by atoms with Gasteiger partial charge in [-0.3, -0.25) is 9.59 Å². The Morgan fingerprint density at radius 1 is 1.40 bits per heavy atom. The molecule has 108 valence electrons. The summed E-state index contributed by atoms with van der Waals surface area (Å²) in [7, 11) is 0. The van der Waals surface area contributed by atoms with Gasteiger partial charge in [-0.25, -0.2) is 0 Å². The highest BCUT2D eigenvalue weighted by Crippen LogP contribution is 2.19. The van der Waals surface area contributed by atoms with Crippen molar-refractivity contribution in [2.24, 2.45) is 5.92 Å². The van der Waals surface area contributed by atoms with E-state index < -0.39 is 0 Å². The van der Waals surface area contributed by atoms with Gasteiger partial charge in [0.15, 0.2) is 0 Å². The van der Waals surface area contributed by atoms with E-state index in [9.17, 15) is 9.59 Å². The van der Waals surface area contributed by atoms with Crippen LogP contribution in [-0.2, 0) is 16.0 Å². The maximum Gasteiger partial charge on any atom is 0.229 e. The molecule has 1 heterocycles. The lowest BCUT2D eigenvalue weighted by Crippen LogP contribution is -2.42. The van der Waals surface area contributed by atoms with Crippen LogP contribution in [0.1, 0.15) is 32.3 Å². The summed E-state index contributed by atoms with van der Waals surface area (Å²) in [5, 5.41) is 2.97. The molecule has 0 bridgehead atoms. The molecule has 1 unspecified atom stereocenters. The fraction of sp³-hybridized carbons (Fsp3) is 0.500. The van der Waals surface area contributed by atoms with Gasteiger partial charge in [-0.2, -0.15) is 0 Å². The molecule has 20 heavy (non-hydrogen) atoms. The average molecular weight is 274 g/mol. The predicted octanol–water partition coefficient (Wildman–Crippen LogP) is 2.45. The Bertz CT molecular complexity index is 499. The Morgan fingerprint density at radius 2 is 2.20 bits per heavy atom. The molecule has 2 rings (SSSR count). The van der Waals surface area contributed by atoms with Gasteiger partial charge in [0.1, 0.15) is 0 Å². The van der Waals surface area contributed by atoms with Crippen molar-refractivity contribution in [2.45, 2.75) is 33.1 Å². The van der Waals surface area contributed by atoms with E-state index in [1.165, 1.54) is 5.56 Å². The third-order valence-electron chi connectivity index (χ3n) is 3.84. The monoisotopic (exact) mass is 274 g/mol. The average Bonchev–Trinajstić information content (AvgIpc) is 2.47. The van der Waals surface area contributed by atoms with Crippen LogP contribution in [0.15, 0.2) is 24.3 Å². The van der Waals surface area contributed by atoms with E-state index in [2.05, 4.69) is 12.2 Å². The molecular weight excluding hydrogens is 252 g/mol. The van der Waals surface area contributed by atoms with Crippen molar-refractivity contribution in [3.8, 4) is 0 Å². The zero-order chi connectivity index (χ0) is 14.5. The molecule has 0 spiro atoms. The van der Waals surface area contributed by atoms with Gasteiger partial charge >= 0.3 is 0 Å². The summed E-state index contributed by atoms with van der Waals surface area (Å²) in [6, 6.07) is 7.91. The number of anilines is 1. The molecule has 1 fully saturated rings.